The van der Waals surface area contributed by atoms with Gasteiger partial charge < -0.3 is 4.74 Å². The van der Waals surface area contributed by atoms with Crippen molar-refractivity contribution in [3.8, 4) is 5.75 Å². The number of halogens is 2. The highest BCUT2D eigenvalue weighted by Crippen LogP contribution is 2.23. The van der Waals surface area contributed by atoms with Gasteiger partial charge in [-0.05, 0) is 47.7 Å². The van der Waals surface area contributed by atoms with E-state index in [2.05, 4.69) is 15.9 Å². The zero-order valence-corrected chi connectivity index (χ0v) is 15.3. The third kappa shape index (κ3) is 3.39. The van der Waals surface area contributed by atoms with Crippen molar-refractivity contribution in [1.29, 1.82) is 0 Å². The highest BCUT2D eigenvalue weighted by molar-refractivity contribution is 14.1. The van der Waals surface area contributed by atoms with E-state index in [1.807, 2.05) is 41.6 Å². The van der Waals surface area contributed by atoms with E-state index >= 15 is 0 Å². The number of hydrogen-bond acceptors (Lipinski definition) is 3. The number of methoxy groups -OCH3 is 1. The molecule has 1 aromatic carbocycles. The predicted octanol–water partition coefficient (Wildman–Crippen LogP) is 2.45. The summed E-state index contributed by atoms with van der Waals surface area (Å²) in [5, 5.41) is 0. The van der Waals surface area contributed by atoms with Crippen LogP contribution in [-0.2, 0) is 13.1 Å². The number of hydrogen-bond donors (Lipinski definition) is 0. The molecule has 0 saturated carbocycles. The van der Waals surface area contributed by atoms with E-state index in [1.54, 1.807) is 19.4 Å². The van der Waals surface area contributed by atoms with Crippen molar-refractivity contribution in [3.63, 3.8) is 0 Å². The van der Waals surface area contributed by atoms with Gasteiger partial charge >= 0.3 is 5.69 Å². The van der Waals surface area contributed by atoms with E-state index in [0.29, 0.717) is 15.9 Å². The van der Waals surface area contributed by atoms with Crippen LogP contribution in [0.4, 0.5) is 0 Å². The van der Waals surface area contributed by atoms with Crippen LogP contribution in [0.25, 0.3) is 0 Å². The lowest BCUT2D eigenvalue weighted by Gasteiger charge is -2.12. The Hall–Kier alpha value is -1.09. The summed E-state index contributed by atoms with van der Waals surface area (Å²) in [7, 11) is 1.56. The summed E-state index contributed by atoms with van der Waals surface area (Å²) >= 11 is 5.34. The Kier molecular flexibility index (Phi) is 5.26. The number of aryl methyl sites for hydroxylation is 1. The Morgan fingerprint density at radius 2 is 2.05 bits per heavy atom. The van der Waals surface area contributed by atoms with Crippen LogP contribution in [0, 0.1) is 3.57 Å². The average Bonchev–Trinajstić information content (AvgIpc) is 2.47. The molecule has 0 radical (unpaired) electrons. The minimum atomic E-state index is -0.315. The molecule has 0 aliphatic rings. The van der Waals surface area contributed by atoms with Gasteiger partial charge in [0.1, 0.15) is 5.75 Å². The van der Waals surface area contributed by atoms with E-state index < -0.39 is 0 Å². The van der Waals surface area contributed by atoms with Crippen LogP contribution < -0.4 is 16.0 Å². The third-order valence-corrected chi connectivity index (χ3v) is 4.34. The fourth-order valence-electron chi connectivity index (χ4n) is 2.03. The van der Waals surface area contributed by atoms with Gasteiger partial charge in [0.15, 0.2) is 0 Å². The van der Waals surface area contributed by atoms with Crippen molar-refractivity contribution < 1.29 is 4.74 Å². The number of ether oxygens (including phenoxy) is 1. The Bertz CT molecular complexity index is 783. The molecule has 2 aromatic rings. The SMILES string of the molecule is CCn1cc(I)c(=O)n(Cc2cc(Br)ccc2OC)c1=O. The zero-order valence-electron chi connectivity index (χ0n) is 11.6. The number of nitrogens with zero attached hydrogens (tertiary/aromatic N) is 2. The van der Waals surface area contributed by atoms with Gasteiger partial charge in [-0.2, -0.15) is 0 Å². The number of benzene rings is 1. The monoisotopic (exact) mass is 464 g/mol. The Balaban J connectivity index is 2.59. The molecular weight excluding hydrogens is 451 g/mol. The molecule has 112 valence electrons. The van der Waals surface area contributed by atoms with E-state index in [1.165, 1.54) is 9.13 Å². The molecule has 0 atom stereocenters. The first-order valence-electron chi connectivity index (χ1n) is 6.30. The van der Waals surface area contributed by atoms with E-state index in [-0.39, 0.29) is 17.8 Å². The van der Waals surface area contributed by atoms with Crippen molar-refractivity contribution in [3.05, 3.63) is 58.8 Å². The Morgan fingerprint density at radius 1 is 1.33 bits per heavy atom. The van der Waals surface area contributed by atoms with E-state index in [0.717, 1.165) is 10.0 Å². The molecule has 0 aliphatic heterocycles. The highest BCUT2D eigenvalue weighted by atomic mass is 127. The Morgan fingerprint density at radius 3 is 2.67 bits per heavy atom. The van der Waals surface area contributed by atoms with Gasteiger partial charge in [0.05, 0.1) is 17.2 Å². The maximum atomic E-state index is 12.3. The smallest absolute Gasteiger partial charge is 0.331 e. The molecule has 0 N–H and O–H groups in total. The molecule has 0 bridgehead atoms. The fourth-order valence-corrected chi connectivity index (χ4v) is 3.06. The van der Waals surface area contributed by atoms with Crippen LogP contribution >= 0.6 is 38.5 Å². The van der Waals surface area contributed by atoms with Gasteiger partial charge in [-0.1, -0.05) is 15.9 Å². The van der Waals surface area contributed by atoms with Gasteiger partial charge in [0.25, 0.3) is 5.56 Å². The molecule has 0 fully saturated rings. The van der Waals surface area contributed by atoms with E-state index in [9.17, 15) is 9.59 Å². The molecule has 21 heavy (non-hydrogen) atoms. The molecule has 2 rings (SSSR count). The van der Waals surface area contributed by atoms with Gasteiger partial charge in [-0.3, -0.25) is 13.9 Å². The topological polar surface area (TPSA) is 53.2 Å². The van der Waals surface area contributed by atoms with Crippen molar-refractivity contribution in [1.82, 2.24) is 9.13 Å². The normalized spacial score (nSPS) is 10.7. The molecule has 5 nitrogen and oxygen atoms in total. The summed E-state index contributed by atoms with van der Waals surface area (Å²) < 4.78 is 9.43. The summed E-state index contributed by atoms with van der Waals surface area (Å²) in [6.07, 6.45) is 1.58. The first-order valence-corrected chi connectivity index (χ1v) is 8.17. The van der Waals surface area contributed by atoms with Gasteiger partial charge in [0, 0.05) is 22.8 Å². The molecule has 0 spiro atoms. The molecule has 0 unspecified atom stereocenters. The van der Waals surface area contributed by atoms with E-state index in [4.69, 9.17) is 4.74 Å². The highest BCUT2D eigenvalue weighted by Gasteiger charge is 2.12. The molecule has 0 amide bonds. The standard InChI is InChI=1S/C14H14BrIN2O3/c1-3-17-8-11(16)13(19)18(14(17)20)7-9-6-10(15)4-5-12(9)21-2/h4-6,8H,3,7H2,1-2H3. The van der Waals surface area contributed by atoms with Crippen LogP contribution in [0.15, 0.2) is 38.5 Å². The minimum Gasteiger partial charge on any atom is -0.496 e. The van der Waals surface area contributed by atoms with Crippen LogP contribution in [0.2, 0.25) is 0 Å². The molecule has 0 saturated heterocycles. The zero-order chi connectivity index (χ0) is 15.6. The number of rotatable bonds is 4. The summed E-state index contributed by atoms with van der Waals surface area (Å²) in [6, 6.07) is 5.50. The molecule has 1 aromatic heterocycles. The second kappa shape index (κ2) is 6.78. The lowest BCUT2D eigenvalue weighted by atomic mass is 10.2. The quantitative estimate of drug-likeness (QED) is 0.653. The second-order valence-corrected chi connectivity index (χ2v) is 6.47. The average molecular weight is 465 g/mol. The van der Waals surface area contributed by atoms with Crippen molar-refractivity contribution in [2.24, 2.45) is 0 Å². The lowest BCUT2D eigenvalue weighted by molar-refractivity contribution is 0.407. The first-order chi connectivity index (χ1) is 9.97. The summed E-state index contributed by atoms with van der Waals surface area (Å²) in [5.74, 6) is 0.645. The largest absolute Gasteiger partial charge is 0.496 e. The van der Waals surface area contributed by atoms with Gasteiger partial charge in [-0.25, -0.2) is 4.79 Å². The molecule has 7 heteroatoms. The van der Waals surface area contributed by atoms with Crippen LogP contribution in [0.3, 0.4) is 0 Å². The van der Waals surface area contributed by atoms with Crippen LogP contribution in [0.1, 0.15) is 12.5 Å². The fraction of sp³-hybridized carbons (Fsp3) is 0.286. The summed E-state index contributed by atoms with van der Waals surface area (Å²) in [5.41, 5.74) is 0.174. The van der Waals surface area contributed by atoms with Gasteiger partial charge in [0.2, 0.25) is 0 Å². The van der Waals surface area contributed by atoms with Crippen LogP contribution in [0.5, 0.6) is 5.75 Å². The third-order valence-electron chi connectivity index (χ3n) is 3.11. The van der Waals surface area contributed by atoms with Crippen LogP contribution in [-0.4, -0.2) is 16.2 Å². The molecular formula is C14H14BrIN2O3. The number of aromatic nitrogens is 2. The predicted molar refractivity (Wildman–Crippen MR) is 93.1 cm³/mol. The summed E-state index contributed by atoms with van der Waals surface area (Å²) in [4.78, 5) is 24.6. The maximum absolute atomic E-state index is 12.3. The van der Waals surface area contributed by atoms with Crippen molar-refractivity contribution >= 4 is 38.5 Å². The first kappa shape index (κ1) is 16.3. The lowest BCUT2D eigenvalue weighted by Crippen LogP contribution is -2.41. The maximum Gasteiger partial charge on any atom is 0.331 e. The second-order valence-electron chi connectivity index (χ2n) is 4.39. The summed E-state index contributed by atoms with van der Waals surface area (Å²) in [6.45, 7) is 2.56. The van der Waals surface area contributed by atoms with Gasteiger partial charge in [-0.15, -0.1) is 0 Å². The van der Waals surface area contributed by atoms with Crippen molar-refractivity contribution in [2.45, 2.75) is 20.0 Å². The molecule has 0 aliphatic carbocycles. The van der Waals surface area contributed by atoms with Crippen molar-refractivity contribution in [2.75, 3.05) is 7.11 Å². The molecule has 1 heterocycles. The minimum absolute atomic E-state index is 0.178. The Labute approximate surface area is 143 Å².